The number of rotatable bonds is 6. The van der Waals surface area contributed by atoms with Crippen molar-refractivity contribution in [1.29, 1.82) is 0 Å². The molecule has 1 unspecified atom stereocenters. The van der Waals surface area contributed by atoms with E-state index in [-0.39, 0.29) is 23.1 Å². The summed E-state index contributed by atoms with van der Waals surface area (Å²) in [5, 5.41) is 3.86. The highest BCUT2D eigenvalue weighted by molar-refractivity contribution is 7.93. The van der Waals surface area contributed by atoms with Crippen LogP contribution in [0.5, 0.6) is 0 Å². The maximum absolute atomic E-state index is 12.6. The van der Waals surface area contributed by atoms with E-state index < -0.39 is 15.5 Å². The molecule has 9 heteroatoms. The summed E-state index contributed by atoms with van der Waals surface area (Å²) in [4.78, 5) is 5.19. The molecule has 0 bridgehead atoms. The second-order valence-corrected chi connectivity index (χ2v) is 6.72. The second-order valence-electron chi connectivity index (χ2n) is 5.05. The predicted molar refractivity (Wildman–Crippen MR) is 82.8 cm³/mol. The van der Waals surface area contributed by atoms with Crippen LogP contribution >= 0.6 is 0 Å². The van der Waals surface area contributed by atoms with Crippen LogP contribution in [-0.4, -0.2) is 25.7 Å². The fraction of sp³-hybridized carbons (Fsp3) is 0.500. The van der Waals surface area contributed by atoms with E-state index in [0.29, 0.717) is 12.0 Å². The van der Waals surface area contributed by atoms with E-state index >= 15 is 0 Å². The molecule has 0 amide bonds. The van der Waals surface area contributed by atoms with Crippen LogP contribution in [0.3, 0.4) is 0 Å². The lowest BCUT2D eigenvalue weighted by Crippen LogP contribution is -2.30. The molecule has 1 rings (SSSR count). The number of nitrogens with one attached hydrogen (secondary N) is 1. The third kappa shape index (κ3) is 4.85. The number of nitrogens with zero attached hydrogens (tertiary/aromatic N) is 1. The smallest absolute Gasteiger partial charge is 0.393 e. The summed E-state index contributed by atoms with van der Waals surface area (Å²) in [5.41, 5.74) is -4.73. The van der Waals surface area contributed by atoms with Crippen molar-refractivity contribution < 1.29 is 26.4 Å². The molecule has 1 atom stereocenters. The average Bonchev–Trinajstić information content (AvgIpc) is 2.45. The Kier molecular flexibility index (Phi) is 6.04. The monoisotopic (exact) mass is 352 g/mol. The van der Waals surface area contributed by atoms with E-state index in [1.807, 2.05) is 6.92 Å². The molecule has 0 aliphatic carbocycles. The SMILES string of the molecule is CCC(C)O/N=C(\C)c1cccc(C)c1NS(=O)(=O)C(F)(F)F. The van der Waals surface area contributed by atoms with E-state index in [1.165, 1.54) is 26.0 Å². The highest BCUT2D eigenvalue weighted by Gasteiger charge is 2.46. The number of anilines is 1. The molecule has 0 fully saturated rings. The minimum atomic E-state index is -5.51. The molecular formula is C14H19F3N2O3S. The predicted octanol–water partition coefficient (Wildman–Crippen LogP) is 3.80. The summed E-state index contributed by atoms with van der Waals surface area (Å²) in [6, 6.07) is 4.57. The molecule has 0 radical (unpaired) electrons. The van der Waals surface area contributed by atoms with Gasteiger partial charge in [0.05, 0.1) is 11.4 Å². The van der Waals surface area contributed by atoms with Crippen LogP contribution in [-0.2, 0) is 14.9 Å². The summed E-state index contributed by atoms with van der Waals surface area (Å²) < 4.78 is 62.0. The zero-order valence-electron chi connectivity index (χ0n) is 13.2. The van der Waals surface area contributed by atoms with Gasteiger partial charge in [0, 0.05) is 5.56 Å². The van der Waals surface area contributed by atoms with Crippen molar-refractivity contribution in [3.63, 3.8) is 0 Å². The third-order valence-electron chi connectivity index (χ3n) is 3.15. The second kappa shape index (κ2) is 7.20. The number of benzene rings is 1. The lowest BCUT2D eigenvalue weighted by atomic mass is 10.1. The van der Waals surface area contributed by atoms with E-state index in [0.717, 1.165) is 0 Å². The Labute approximate surface area is 133 Å². The minimum absolute atomic E-state index is 0.162. The van der Waals surface area contributed by atoms with Gasteiger partial charge in [-0.25, -0.2) is 0 Å². The number of halogens is 3. The van der Waals surface area contributed by atoms with Gasteiger partial charge in [-0.3, -0.25) is 4.72 Å². The van der Waals surface area contributed by atoms with Gasteiger partial charge in [-0.15, -0.1) is 0 Å². The first kappa shape index (κ1) is 19.3. The highest BCUT2D eigenvalue weighted by Crippen LogP contribution is 2.29. The van der Waals surface area contributed by atoms with Gasteiger partial charge in [0.2, 0.25) is 0 Å². The first-order valence-electron chi connectivity index (χ1n) is 6.89. The molecule has 0 saturated carbocycles. The number of para-hydroxylation sites is 1. The molecule has 130 valence electrons. The molecule has 1 N–H and O–H groups in total. The average molecular weight is 352 g/mol. The van der Waals surface area contributed by atoms with Gasteiger partial charge >= 0.3 is 15.5 Å². The van der Waals surface area contributed by atoms with Crippen LogP contribution in [0.15, 0.2) is 23.4 Å². The van der Waals surface area contributed by atoms with Gasteiger partial charge in [0.1, 0.15) is 6.10 Å². The van der Waals surface area contributed by atoms with Gasteiger partial charge in [-0.05, 0) is 32.8 Å². The number of hydrogen-bond acceptors (Lipinski definition) is 4. The lowest BCUT2D eigenvalue weighted by Gasteiger charge is -2.16. The number of sulfonamides is 1. The van der Waals surface area contributed by atoms with Crippen LogP contribution in [0.25, 0.3) is 0 Å². The van der Waals surface area contributed by atoms with Gasteiger partial charge in [0.15, 0.2) is 0 Å². The van der Waals surface area contributed by atoms with E-state index in [9.17, 15) is 21.6 Å². The molecule has 0 aromatic heterocycles. The normalized spacial score (nSPS) is 14.5. The maximum atomic E-state index is 12.6. The number of aryl methyl sites for hydroxylation is 1. The summed E-state index contributed by atoms with van der Waals surface area (Å²) >= 11 is 0. The van der Waals surface area contributed by atoms with Crippen LogP contribution in [0.1, 0.15) is 38.3 Å². The molecule has 0 aliphatic heterocycles. The first-order valence-corrected chi connectivity index (χ1v) is 8.37. The zero-order valence-corrected chi connectivity index (χ0v) is 14.0. The van der Waals surface area contributed by atoms with Gasteiger partial charge in [0.25, 0.3) is 0 Å². The molecule has 0 saturated heterocycles. The Morgan fingerprint density at radius 1 is 1.39 bits per heavy atom. The minimum Gasteiger partial charge on any atom is -0.393 e. The lowest BCUT2D eigenvalue weighted by molar-refractivity contribution is -0.0429. The molecule has 0 heterocycles. The van der Waals surface area contributed by atoms with Crippen LogP contribution in [0.4, 0.5) is 18.9 Å². The third-order valence-corrected chi connectivity index (χ3v) is 4.23. The van der Waals surface area contributed by atoms with Gasteiger partial charge in [-0.1, -0.05) is 30.3 Å². The van der Waals surface area contributed by atoms with Crippen molar-refractivity contribution in [1.82, 2.24) is 0 Å². The topological polar surface area (TPSA) is 67.8 Å². The molecule has 1 aromatic carbocycles. The molecule has 1 aromatic rings. The summed E-state index contributed by atoms with van der Waals surface area (Å²) in [6.07, 6.45) is 0.545. The van der Waals surface area contributed by atoms with Crippen LogP contribution in [0, 0.1) is 6.92 Å². The molecule has 0 aliphatic rings. The van der Waals surface area contributed by atoms with Crippen molar-refractivity contribution in [2.45, 2.75) is 45.7 Å². The van der Waals surface area contributed by atoms with Gasteiger partial charge in [-0.2, -0.15) is 21.6 Å². The van der Waals surface area contributed by atoms with E-state index in [4.69, 9.17) is 4.84 Å². The maximum Gasteiger partial charge on any atom is 0.516 e. The first-order chi connectivity index (χ1) is 10.5. The Hall–Kier alpha value is -1.77. The van der Waals surface area contributed by atoms with Crippen LogP contribution < -0.4 is 4.72 Å². The van der Waals surface area contributed by atoms with Crippen molar-refractivity contribution in [3.05, 3.63) is 29.3 Å². The Morgan fingerprint density at radius 3 is 2.52 bits per heavy atom. The van der Waals surface area contributed by atoms with E-state index in [1.54, 1.807) is 17.7 Å². The van der Waals surface area contributed by atoms with Crippen molar-refractivity contribution >= 4 is 21.4 Å². The van der Waals surface area contributed by atoms with Crippen molar-refractivity contribution in [2.24, 2.45) is 5.16 Å². The largest absolute Gasteiger partial charge is 0.516 e. The molecular weight excluding hydrogens is 333 g/mol. The standard InChI is InChI=1S/C14H19F3N2O3S/c1-5-10(3)22-18-11(4)12-8-6-7-9(2)13(12)19-23(20,21)14(15,16)17/h6-8,10,19H,5H2,1-4H3/b18-11+. The van der Waals surface area contributed by atoms with E-state index in [2.05, 4.69) is 5.16 Å². The fourth-order valence-electron chi connectivity index (χ4n) is 1.59. The molecule has 23 heavy (non-hydrogen) atoms. The highest BCUT2D eigenvalue weighted by atomic mass is 32.2. The van der Waals surface area contributed by atoms with Crippen LogP contribution in [0.2, 0.25) is 0 Å². The summed E-state index contributed by atoms with van der Waals surface area (Å²) in [6.45, 7) is 6.72. The number of alkyl halides is 3. The quantitative estimate of drug-likeness (QED) is 0.625. The zero-order chi connectivity index (χ0) is 17.8. The van der Waals surface area contributed by atoms with Crippen molar-refractivity contribution in [3.8, 4) is 0 Å². The fourth-order valence-corrected chi connectivity index (χ4v) is 2.25. The Morgan fingerprint density at radius 2 is 2.00 bits per heavy atom. The molecule has 5 nitrogen and oxygen atoms in total. The number of oxime groups is 1. The van der Waals surface area contributed by atoms with Gasteiger partial charge < -0.3 is 4.84 Å². The summed E-state index contributed by atoms with van der Waals surface area (Å²) in [5.74, 6) is 0. The van der Waals surface area contributed by atoms with Crippen molar-refractivity contribution in [2.75, 3.05) is 4.72 Å². The Bertz CT molecular complexity index is 685. The summed E-state index contributed by atoms with van der Waals surface area (Å²) in [7, 11) is -5.51. The Balaban J connectivity index is 3.25. The number of hydrogen-bond donors (Lipinski definition) is 1. The molecule has 0 spiro atoms.